The smallest absolute Gasteiger partial charge is 0.280 e. The zero-order valence-corrected chi connectivity index (χ0v) is 9.05. The van der Waals surface area contributed by atoms with Crippen LogP contribution in [-0.4, -0.2) is 47.4 Å². The predicted octanol–water partition coefficient (Wildman–Crippen LogP) is -0.0972. The van der Waals surface area contributed by atoms with Crippen molar-refractivity contribution >= 4 is 11.7 Å². The summed E-state index contributed by atoms with van der Waals surface area (Å²) in [6, 6.07) is 0.277. The van der Waals surface area contributed by atoms with E-state index >= 15 is 0 Å². The quantitative estimate of drug-likeness (QED) is 0.753. The topological polar surface area (TPSA) is 94.5 Å². The molecule has 1 aliphatic rings. The molecule has 1 fully saturated rings. The molecule has 0 bridgehead atoms. The lowest BCUT2D eigenvalue weighted by atomic mass is 10.3. The molecule has 0 radical (unpaired) electrons. The van der Waals surface area contributed by atoms with E-state index in [0.717, 1.165) is 12.8 Å². The van der Waals surface area contributed by atoms with E-state index in [1.807, 2.05) is 0 Å². The minimum Gasteiger partial charge on any atom is -0.383 e. The van der Waals surface area contributed by atoms with Gasteiger partial charge < -0.3 is 15.4 Å². The number of methoxy groups -OCH3 is 1. The molecule has 16 heavy (non-hydrogen) atoms. The molecule has 0 aromatic carbocycles. The minimum atomic E-state index is -0.238. The highest BCUT2D eigenvalue weighted by atomic mass is 16.6. The fourth-order valence-electron chi connectivity index (χ4n) is 1.51. The fourth-order valence-corrected chi connectivity index (χ4v) is 1.51. The summed E-state index contributed by atoms with van der Waals surface area (Å²) in [4.78, 5) is 13.7. The van der Waals surface area contributed by atoms with Crippen LogP contribution in [0.15, 0.2) is 4.63 Å². The fraction of sp³-hybridized carbons (Fsp3) is 0.667. The highest BCUT2D eigenvalue weighted by molar-refractivity contribution is 5.96. The molecular formula is C9H14N4O3. The van der Waals surface area contributed by atoms with Gasteiger partial charge in [-0.05, 0) is 23.2 Å². The number of anilines is 1. The molecule has 1 heterocycles. The summed E-state index contributed by atoms with van der Waals surface area (Å²) in [6.07, 6.45) is 2.03. The Kier molecular flexibility index (Phi) is 3.04. The number of nitrogens with zero attached hydrogens (tertiary/aromatic N) is 3. The first kappa shape index (κ1) is 10.9. The van der Waals surface area contributed by atoms with Crippen LogP contribution in [0.3, 0.4) is 0 Å². The van der Waals surface area contributed by atoms with Gasteiger partial charge in [0.05, 0.1) is 6.61 Å². The van der Waals surface area contributed by atoms with E-state index in [2.05, 4.69) is 14.9 Å². The van der Waals surface area contributed by atoms with Crippen LogP contribution in [0.1, 0.15) is 23.3 Å². The zero-order valence-electron chi connectivity index (χ0n) is 9.05. The SMILES string of the molecule is COCCN(C(=O)c1nonc1N)C1CC1. The van der Waals surface area contributed by atoms with Crippen LogP contribution in [0.2, 0.25) is 0 Å². The Morgan fingerprint density at radius 2 is 2.38 bits per heavy atom. The molecule has 0 unspecified atom stereocenters. The molecule has 1 aromatic rings. The van der Waals surface area contributed by atoms with Crippen LogP contribution >= 0.6 is 0 Å². The van der Waals surface area contributed by atoms with Gasteiger partial charge in [-0.1, -0.05) is 0 Å². The molecule has 1 aliphatic carbocycles. The number of ether oxygens (including phenoxy) is 1. The Hall–Kier alpha value is -1.63. The second-order valence-corrected chi connectivity index (χ2v) is 3.72. The van der Waals surface area contributed by atoms with Crippen molar-refractivity contribution in [2.45, 2.75) is 18.9 Å². The molecule has 1 amide bonds. The second-order valence-electron chi connectivity index (χ2n) is 3.72. The lowest BCUT2D eigenvalue weighted by Gasteiger charge is -2.20. The first-order valence-corrected chi connectivity index (χ1v) is 5.12. The first-order valence-electron chi connectivity index (χ1n) is 5.12. The normalized spacial score (nSPS) is 15.1. The van der Waals surface area contributed by atoms with E-state index in [-0.39, 0.29) is 23.5 Å². The Bertz CT molecular complexity index is 375. The summed E-state index contributed by atoms with van der Waals surface area (Å²) in [5.74, 6) is -0.202. The van der Waals surface area contributed by atoms with Crippen LogP contribution < -0.4 is 5.73 Å². The lowest BCUT2D eigenvalue weighted by Crippen LogP contribution is -2.36. The van der Waals surface area contributed by atoms with Crippen LogP contribution in [0.5, 0.6) is 0 Å². The maximum Gasteiger partial charge on any atom is 0.280 e. The molecule has 7 heteroatoms. The molecule has 1 aromatic heterocycles. The van der Waals surface area contributed by atoms with Gasteiger partial charge in [0.15, 0.2) is 0 Å². The van der Waals surface area contributed by atoms with Gasteiger partial charge in [0.25, 0.3) is 5.91 Å². The van der Waals surface area contributed by atoms with E-state index in [1.165, 1.54) is 0 Å². The number of carbonyl (C=O) groups excluding carboxylic acids is 1. The van der Waals surface area contributed by atoms with E-state index in [1.54, 1.807) is 12.0 Å². The third kappa shape index (κ3) is 2.13. The average Bonchev–Trinajstić information content (AvgIpc) is 3.01. The summed E-state index contributed by atoms with van der Waals surface area (Å²) in [5, 5.41) is 6.90. The van der Waals surface area contributed by atoms with Gasteiger partial charge in [-0.25, -0.2) is 4.63 Å². The van der Waals surface area contributed by atoms with Crippen LogP contribution in [-0.2, 0) is 4.74 Å². The van der Waals surface area contributed by atoms with Crippen LogP contribution in [0.4, 0.5) is 5.82 Å². The van der Waals surface area contributed by atoms with Crippen molar-refractivity contribution in [3.05, 3.63) is 5.69 Å². The largest absolute Gasteiger partial charge is 0.383 e. The molecule has 0 atom stereocenters. The molecule has 0 saturated heterocycles. The number of nitrogens with two attached hydrogens (primary N) is 1. The van der Waals surface area contributed by atoms with Crippen molar-refractivity contribution in [2.24, 2.45) is 0 Å². The van der Waals surface area contributed by atoms with Gasteiger partial charge in [0, 0.05) is 19.7 Å². The third-order valence-electron chi connectivity index (χ3n) is 2.50. The standard InChI is InChI=1S/C9H14N4O3/c1-15-5-4-13(6-2-3-6)9(14)7-8(10)12-16-11-7/h6H,2-5H2,1H3,(H2,10,12). The van der Waals surface area contributed by atoms with Crippen LogP contribution in [0, 0.1) is 0 Å². The van der Waals surface area contributed by atoms with Crippen molar-refractivity contribution < 1.29 is 14.2 Å². The Labute approximate surface area is 92.5 Å². The first-order chi connectivity index (χ1) is 7.74. The van der Waals surface area contributed by atoms with Crippen molar-refractivity contribution in [3.8, 4) is 0 Å². The van der Waals surface area contributed by atoms with Crippen molar-refractivity contribution in [1.29, 1.82) is 0 Å². The molecule has 1 saturated carbocycles. The summed E-state index contributed by atoms with van der Waals surface area (Å²) in [5.41, 5.74) is 5.57. The number of amides is 1. The molecule has 2 rings (SSSR count). The molecule has 2 N–H and O–H groups in total. The number of hydrogen-bond donors (Lipinski definition) is 1. The number of aromatic nitrogens is 2. The predicted molar refractivity (Wildman–Crippen MR) is 54.6 cm³/mol. The number of nitrogen functional groups attached to an aromatic ring is 1. The summed E-state index contributed by atoms with van der Waals surface area (Å²) in [6.45, 7) is 1.03. The summed E-state index contributed by atoms with van der Waals surface area (Å²) in [7, 11) is 1.60. The number of carbonyl (C=O) groups is 1. The Balaban J connectivity index is 2.08. The molecule has 88 valence electrons. The van der Waals surface area contributed by atoms with Crippen molar-refractivity contribution in [1.82, 2.24) is 15.2 Å². The van der Waals surface area contributed by atoms with Gasteiger partial charge in [-0.15, -0.1) is 0 Å². The maximum atomic E-state index is 12.0. The van der Waals surface area contributed by atoms with E-state index in [0.29, 0.717) is 13.2 Å². The van der Waals surface area contributed by atoms with E-state index < -0.39 is 0 Å². The third-order valence-corrected chi connectivity index (χ3v) is 2.50. The van der Waals surface area contributed by atoms with E-state index in [4.69, 9.17) is 10.5 Å². The Morgan fingerprint density at radius 3 is 2.88 bits per heavy atom. The molecule has 7 nitrogen and oxygen atoms in total. The van der Waals surface area contributed by atoms with Gasteiger partial charge >= 0.3 is 0 Å². The van der Waals surface area contributed by atoms with E-state index in [9.17, 15) is 4.79 Å². The second kappa shape index (κ2) is 4.48. The van der Waals surface area contributed by atoms with Crippen molar-refractivity contribution in [2.75, 3.05) is 26.0 Å². The van der Waals surface area contributed by atoms with Gasteiger partial charge in [0.1, 0.15) is 0 Å². The number of hydrogen-bond acceptors (Lipinski definition) is 6. The Morgan fingerprint density at radius 1 is 1.62 bits per heavy atom. The highest BCUT2D eigenvalue weighted by Gasteiger charge is 2.35. The summed E-state index contributed by atoms with van der Waals surface area (Å²) < 4.78 is 9.38. The number of rotatable bonds is 5. The van der Waals surface area contributed by atoms with Gasteiger partial charge in [0.2, 0.25) is 11.5 Å². The average molecular weight is 226 g/mol. The summed E-state index contributed by atoms with van der Waals surface area (Å²) >= 11 is 0. The zero-order chi connectivity index (χ0) is 11.5. The minimum absolute atomic E-state index is 0.0352. The highest BCUT2D eigenvalue weighted by Crippen LogP contribution is 2.28. The molecular weight excluding hydrogens is 212 g/mol. The molecule has 0 aliphatic heterocycles. The monoisotopic (exact) mass is 226 g/mol. The van der Waals surface area contributed by atoms with Crippen LogP contribution in [0.25, 0.3) is 0 Å². The van der Waals surface area contributed by atoms with Gasteiger partial charge in [-0.3, -0.25) is 4.79 Å². The van der Waals surface area contributed by atoms with Gasteiger partial charge in [-0.2, -0.15) is 0 Å². The maximum absolute atomic E-state index is 12.0. The lowest BCUT2D eigenvalue weighted by molar-refractivity contribution is 0.0670. The molecule has 0 spiro atoms. The van der Waals surface area contributed by atoms with Crippen molar-refractivity contribution in [3.63, 3.8) is 0 Å².